The number of aliphatic hydroxyl groups is 4. The molecule has 0 bridgehead atoms. The van der Waals surface area contributed by atoms with Crippen LogP contribution in [0.25, 0.3) is 0 Å². The van der Waals surface area contributed by atoms with E-state index >= 15 is 0 Å². The van der Waals surface area contributed by atoms with Gasteiger partial charge in [-0.2, -0.15) is 0 Å². The predicted octanol–water partition coefficient (Wildman–Crippen LogP) is -1.50. The van der Waals surface area contributed by atoms with Gasteiger partial charge >= 0.3 is 0 Å². The lowest BCUT2D eigenvalue weighted by Gasteiger charge is -1.73. The molecule has 0 amide bonds. The molecule has 0 aliphatic heterocycles. The topological polar surface area (TPSA) is 80.9 Å². The smallest absolute Gasteiger partial charge is 0.104 e. The van der Waals surface area contributed by atoms with E-state index in [0.717, 1.165) is 0 Å². The third kappa shape index (κ3) is 22.9. The number of hydrogen-bond donors (Lipinski definition) is 4. The normalized spacial score (nSPS) is 8.33. The van der Waals surface area contributed by atoms with Crippen LogP contribution in [0.15, 0.2) is 12.2 Å². The Balaban J connectivity index is 0. The fourth-order valence-corrected chi connectivity index (χ4v) is 0.261. The van der Waals surface area contributed by atoms with Gasteiger partial charge in [-0.25, -0.2) is 0 Å². The predicted molar refractivity (Wildman–Crippen MR) is 45.3 cm³/mol. The van der Waals surface area contributed by atoms with Gasteiger partial charge in [0, 0.05) is 0 Å². The lowest BCUT2D eigenvalue weighted by molar-refractivity contribution is 0.329. The van der Waals surface area contributed by atoms with E-state index in [1.165, 1.54) is 12.2 Å². The molecule has 0 unspecified atom stereocenters. The van der Waals surface area contributed by atoms with Crippen molar-refractivity contribution in [3.05, 3.63) is 12.2 Å². The van der Waals surface area contributed by atoms with Crippen molar-refractivity contribution in [1.29, 1.82) is 0 Å². The quantitative estimate of drug-likeness (QED) is 0.303. The highest BCUT2D eigenvalue weighted by atomic mass is 16.3. The third-order valence-corrected chi connectivity index (χ3v) is 0.661. The molecule has 0 spiro atoms. The molecule has 0 fully saturated rings. The van der Waals surface area contributed by atoms with Crippen molar-refractivity contribution in [2.75, 3.05) is 26.4 Å². The van der Waals surface area contributed by atoms with Crippen molar-refractivity contribution in [3.63, 3.8) is 0 Å². The largest absolute Gasteiger partial charge is 0.392 e. The van der Waals surface area contributed by atoms with Gasteiger partial charge in [-0.15, -0.1) is 0 Å². The minimum atomic E-state index is -0.166. The van der Waals surface area contributed by atoms with E-state index in [2.05, 4.69) is 11.8 Å². The molecule has 0 aromatic carbocycles. The van der Waals surface area contributed by atoms with Crippen LogP contribution in [0, 0.1) is 11.8 Å². The molecule has 70 valence electrons. The van der Waals surface area contributed by atoms with Gasteiger partial charge in [-0.3, -0.25) is 0 Å². The van der Waals surface area contributed by atoms with E-state index in [1.807, 2.05) is 0 Å². The lowest BCUT2D eigenvalue weighted by atomic mass is 10.5. The molecule has 0 radical (unpaired) electrons. The van der Waals surface area contributed by atoms with Crippen LogP contribution >= 0.6 is 0 Å². The molecular weight excluding hydrogens is 160 g/mol. The van der Waals surface area contributed by atoms with E-state index in [4.69, 9.17) is 20.4 Å². The zero-order valence-corrected chi connectivity index (χ0v) is 6.77. The van der Waals surface area contributed by atoms with Crippen LogP contribution in [0.2, 0.25) is 0 Å². The molecule has 0 aromatic rings. The highest BCUT2D eigenvalue weighted by Crippen LogP contribution is 1.63. The fourth-order valence-electron chi connectivity index (χ4n) is 0.261. The SMILES string of the molecule is OCC#CCO.OCC=CCO. The molecular formula is C8H14O4. The van der Waals surface area contributed by atoms with Crippen molar-refractivity contribution >= 4 is 0 Å². The molecule has 0 aromatic heterocycles. The summed E-state index contributed by atoms with van der Waals surface area (Å²) in [5, 5.41) is 31.8. The van der Waals surface area contributed by atoms with Gasteiger partial charge in [-0.1, -0.05) is 24.0 Å². The minimum absolute atomic E-state index is 0.0144. The molecule has 4 nitrogen and oxygen atoms in total. The molecule has 0 heterocycles. The Kier molecular flexibility index (Phi) is 19.0. The second kappa shape index (κ2) is 16.6. The number of aliphatic hydroxyl groups excluding tert-OH is 4. The Morgan fingerprint density at radius 3 is 1.25 bits per heavy atom. The van der Waals surface area contributed by atoms with Crippen LogP contribution in [-0.4, -0.2) is 46.9 Å². The number of hydrogen-bond acceptors (Lipinski definition) is 4. The van der Waals surface area contributed by atoms with Crippen molar-refractivity contribution in [2.24, 2.45) is 0 Å². The van der Waals surface area contributed by atoms with Gasteiger partial charge in [-0.05, 0) is 0 Å². The molecule has 0 atom stereocenters. The van der Waals surface area contributed by atoms with Crippen LogP contribution in [0.3, 0.4) is 0 Å². The van der Waals surface area contributed by atoms with Gasteiger partial charge in [0.15, 0.2) is 0 Å². The summed E-state index contributed by atoms with van der Waals surface area (Å²) in [6.07, 6.45) is 2.97. The molecule has 0 aliphatic carbocycles. The third-order valence-electron chi connectivity index (χ3n) is 0.661. The zero-order chi connectivity index (χ0) is 9.66. The summed E-state index contributed by atoms with van der Waals surface area (Å²) in [6, 6.07) is 0. The van der Waals surface area contributed by atoms with Crippen LogP contribution in [0.4, 0.5) is 0 Å². The van der Waals surface area contributed by atoms with Crippen LogP contribution in [0.1, 0.15) is 0 Å². The summed E-state index contributed by atoms with van der Waals surface area (Å²) >= 11 is 0. The van der Waals surface area contributed by atoms with Crippen molar-refractivity contribution in [2.45, 2.75) is 0 Å². The van der Waals surface area contributed by atoms with Crippen LogP contribution in [0.5, 0.6) is 0 Å². The summed E-state index contributed by atoms with van der Waals surface area (Å²) in [4.78, 5) is 0. The van der Waals surface area contributed by atoms with Crippen LogP contribution < -0.4 is 0 Å². The highest BCUT2D eigenvalue weighted by molar-refractivity contribution is 4.97. The molecule has 4 N–H and O–H groups in total. The zero-order valence-electron chi connectivity index (χ0n) is 6.77. The lowest BCUT2D eigenvalue weighted by Crippen LogP contribution is -1.74. The van der Waals surface area contributed by atoms with Gasteiger partial charge in [0.25, 0.3) is 0 Å². The second-order valence-electron chi connectivity index (χ2n) is 1.51. The molecule has 4 heteroatoms. The Morgan fingerprint density at radius 1 is 0.750 bits per heavy atom. The van der Waals surface area contributed by atoms with E-state index in [-0.39, 0.29) is 26.4 Å². The monoisotopic (exact) mass is 174 g/mol. The Morgan fingerprint density at radius 2 is 1.08 bits per heavy atom. The summed E-state index contributed by atoms with van der Waals surface area (Å²) < 4.78 is 0. The highest BCUT2D eigenvalue weighted by Gasteiger charge is 1.61. The van der Waals surface area contributed by atoms with E-state index in [9.17, 15) is 0 Å². The molecule has 12 heavy (non-hydrogen) atoms. The summed E-state index contributed by atoms with van der Waals surface area (Å²) in [5.41, 5.74) is 0. The Labute approximate surface area is 71.8 Å². The summed E-state index contributed by atoms with van der Waals surface area (Å²) in [7, 11) is 0. The fraction of sp³-hybridized carbons (Fsp3) is 0.500. The molecule has 0 rings (SSSR count). The van der Waals surface area contributed by atoms with Crippen molar-refractivity contribution < 1.29 is 20.4 Å². The maximum Gasteiger partial charge on any atom is 0.104 e. The summed E-state index contributed by atoms with van der Waals surface area (Å²) in [6.45, 7) is -0.303. The molecule has 0 saturated carbocycles. The van der Waals surface area contributed by atoms with Gasteiger partial charge < -0.3 is 20.4 Å². The first-order valence-corrected chi connectivity index (χ1v) is 3.37. The maximum atomic E-state index is 8.00. The molecule has 0 aliphatic rings. The second-order valence-corrected chi connectivity index (χ2v) is 1.51. The van der Waals surface area contributed by atoms with Gasteiger partial charge in [0.05, 0.1) is 13.2 Å². The first kappa shape index (κ1) is 13.7. The van der Waals surface area contributed by atoms with Crippen molar-refractivity contribution in [3.8, 4) is 11.8 Å². The molecule has 0 saturated heterocycles. The first-order valence-electron chi connectivity index (χ1n) is 3.37. The van der Waals surface area contributed by atoms with E-state index < -0.39 is 0 Å². The van der Waals surface area contributed by atoms with E-state index in [1.54, 1.807) is 0 Å². The van der Waals surface area contributed by atoms with Crippen molar-refractivity contribution in [1.82, 2.24) is 0 Å². The average Bonchev–Trinajstić information content (AvgIpc) is 2.12. The maximum absolute atomic E-state index is 8.00. The Hall–Kier alpha value is -0.860. The first-order chi connectivity index (χ1) is 5.83. The average molecular weight is 174 g/mol. The Bertz CT molecular complexity index is 129. The summed E-state index contributed by atoms with van der Waals surface area (Å²) in [5.74, 6) is 4.51. The van der Waals surface area contributed by atoms with E-state index in [0.29, 0.717) is 0 Å². The van der Waals surface area contributed by atoms with Crippen LogP contribution in [-0.2, 0) is 0 Å². The standard InChI is InChI=1S/C4H8O2.C4H6O2/c2*5-3-1-2-4-6/h1-2,5-6H,3-4H2;5-6H,3-4H2. The van der Waals surface area contributed by atoms with Gasteiger partial charge in [0.2, 0.25) is 0 Å². The number of rotatable bonds is 2. The van der Waals surface area contributed by atoms with Gasteiger partial charge in [0.1, 0.15) is 13.2 Å². The minimum Gasteiger partial charge on any atom is -0.392 e.